The lowest BCUT2D eigenvalue weighted by molar-refractivity contribution is -0.150. The molecule has 1 aromatic heterocycles. The number of likely N-dealkylation sites (N-methyl/N-ethyl adjacent to an activating group) is 1. The summed E-state index contributed by atoms with van der Waals surface area (Å²) in [4.78, 5) is 19.7. The minimum absolute atomic E-state index is 0.00442. The summed E-state index contributed by atoms with van der Waals surface area (Å²) in [5.41, 5.74) is 1.15. The first-order valence-electron chi connectivity index (χ1n) is 8.12. The van der Waals surface area contributed by atoms with Crippen molar-refractivity contribution in [2.45, 2.75) is 18.6 Å². The van der Waals surface area contributed by atoms with Crippen LogP contribution in [0.3, 0.4) is 0 Å². The molecule has 3 heterocycles. The van der Waals surface area contributed by atoms with E-state index < -0.39 is 0 Å². The van der Waals surface area contributed by atoms with Crippen molar-refractivity contribution < 1.29 is 14.3 Å². The number of amides is 1. The van der Waals surface area contributed by atoms with E-state index in [2.05, 4.69) is 16.0 Å². The maximum atomic E-state index is 11.6. The minimum atomic E-state index is -0.0800. The zero-order valence-electron chi connectivity index (χ0n) is 13.9. The second-order valence-electron chi connectivity index (χ2n) is 6.71. The van der Waals surface area contributed by atoms with E-state index in [9.17, 15) is 4.79 Å². The summed E-state index contributed by atoms with van der Waals surface area (Å²) >= 11 is 0. The predicted octanol–water partition coefficient (Wildman–Crippen LogP) is 0.777. The third kappa shape index (κ3) is 3.71. The molecule has 0 aromatic carbocycles. The van der Waals surface area contributed by atoms with Crippen LogP contribution in [0.1, 0.15) is 12.0 Å². The topological polar surface area (TPSA) is 54.9 Å². The molecule has 1 aromatic rings. The van der Waals surface area contributed by atoms with E-state index >= 15 is 0 Å². The highest BCUT2D eigenvalue weighted by Crippen LogP contribution is 2.40. The molecule has 0 radical (unpaired) electrons. The molecule has 0 N–H and O–H groups in total. The molecule has 6 nitrogen and oxygen atoms in total. The molecule has 1 amide bonds. The van der Waals surface area contributed by atoms with Crippen LogP contribution in [-0.4, -0.2) is 73.3 Å². The largest absolute Gasteiger partial charge is 0.372 e. The Bertz CT molecular complexity index is 529. The minimum Gasteiger partial charge on any atom is -0.372 e. The molecular weight excluding hydrogens is 294 g/mol. The van der Waals surface area contributed by atoms with E-state index in [-0.39, 0.29) is 18.1 Å². The summed E-state index contributed by atoms with van der Waals surface area (Å²) in [6, 6.07) is 4.07. The molecule has 1 spiro atoms. The van der Waals surface area contributed by atoms with Crippen LogP contribution >= 0.6 is 0 Å². The second-order valence-corrected chi connectivity index (χ2v) is 6.71. The van der Waals surface area contributed by atoms with Crippen LogP contribution in [0, 0.1) is 5.92 Å². The fourth-order valence-corrected chi connectivity index (χ4v) is 3.36. The predicted molar refractivity (Wildman–Crippen MR) is 85.8 cm³/mol. The van der Waals surface area contributed by atoms with Gasteiger partial charge >= 0.3 is 0 Å². The second kappa shape index (κ2) is 6.95. The average Bonchev–Trinajstić information content (AvgIpc) is 2.91. The van der Waals surface area contributed by atoms with Gasteiger partial charge in [0.05, 0.1) is 12.2 Å². The van der Waals surface area contributed by atoms with Crippen LogP contribution in [0.2, 0.25) is 0 Å². The van der Waals surface area contributed by atoms with Gasteiger partial charge < -0.3 is 14.4 Å². The molecule has 2 fully saturated rings. The Morgan fingerprint density at radius 2 is 2.35 bits per heavy atom. The fourth-order valence-electron chi connectivity index (χ4n) is 3.36. The summed E-state index contributed by atoms with van der Waals surface area (Å²) in [7, 11) is 3.49. The Kier molecular flexibility index (Phi) is 4.94. The highest BCUT2D eigenvalue weighted by molar-refractivity contribution is 5.76. The molecule has 2 aliphatic rings. The highest BCUT2D eigenvalue weighted by atomic mass is 16.5. The van der Waals surface area contributed by atoms with Gasteiger partial charge in [-0.15, -0.1) is 0 Å². The zero-order chi connectivity index (χ0) is 16.3. The van der Waals surface area contributed by atoms with Gasteiger partial charge in [0, 0.05) is 58.6 Å². The van der Waals surface area contributed by atoms with Gasteiger partial charge in [0.1, 0.15) is 6.61 Å². The van der Waals surface area contributed by atoms with Gasteiger partial charge in [0.2, 0.25) is 5.91 Å². The summed E-state index contributed by atoms with van der Waals surface area (Å²) in [6.07, 6.45) is 4.72. The van der Waals surface area contributed by atoms with Gasteiger partial charge in [0.25, 0.3) is 0 Å². The standard InChI is InChI=1S/C17H25N3O3/c1-19(2)16(21)11-22-10-15-5-7-23-17(15)12-20(13-17)9-14-4-3-6-18-8-14/h3-4,6,8,15H,5,7,9-13H2,1-2H3. The first-order chi connectivity index (χ1) is 11.1. The number of ether oxygens (including phenoxy) is 2. The van der Waals surface area contributed by atoms with Gasteiger partial charge in [-0.2, -0.15) is 0 Å². The van der Waals surface area contributed by atoms with Crippen molar-refractivity contribution in [3.05, 3.63) is 30.1 Å². The molecule has 1 unspecified atom stereocenters. The maximum absolute atomic E-state index is 11.6. The number of rotatable bonds is 6. The molecule has 6 heteroatoms. The smallest absolute Gasteiger partial charge is 0.248 e. The normalized spacial score (nSPS) is 23.0. The number of likely N-dealkylation sites (tertiary alicyclic amines) is 1. The number of pyridine rings is 1. The quantitative estimate of drug-likeness (QED) is 0.775. The number of carbonyl (C=O) groups is 1. The lowest BCUT2D eigenvalue weighted by Crippen LogP contribution is -2.64. The Hall–Kier alpha value is -1.50. The lowest BCUT2D eigenvalue weighted by Gasteiger charge is -2.50. The number of hydrogen-bond acceptors (Lipinski definition) is 5. The summed E-state index contributed by atoms with van der Waals surface area (Å²) < 4.78 is 11.7. The van der Waals surface area contributed by atoms with E-state index in [0.29, 0.717) is 12.5 Å². The van der Waals surface area contributed by atoms with Gasteiger partial charge in [-0.05, 0) is 18.1 Å². The monoisotopic (exact) mass is 319 g/mol. The van der Waals surface area contributed by atoms with Crippen molar-refractivity contribution in [2.24, 2.45) is 5.92 Å². The first kappa shape index (κ1) is 16.4. The molecule has 2 aliphatic heterocycles. The Morgan fingerprint density at radius 1 is 1.52 bits per heavy atom. The molecule has 0 saturated carbocycles. The van der Waals surface area contributed by atoms with E-state index in [1.807, 2.05) is 12.3 Å². The summed E-state index contributed by atoms with van der Waals surface area (Å²) in [6.45, 7) is 4.30. The van der Waals surface area contributed by atoms with Crippen LogP contribution in [0.4, 0.5) is 0 Å². The van der Waals surface area contributed by atoms with Gasteiger partial charge in [-0.1, -0.05) is 6.07 Å². The van der Waals surface area contributed by atoms with Crippen molar-refractivity contribution in [3.8, 4) is 0 Å². The third-order valence-corrected chi connectivity index (χ3v) is 4.75. The van der Waals surface area contributed by atoms with Crippen molar-refractivity contribution in [1.29, 1.82) is 0 Å². The van der Waals surface area contributed by atoms with E-state index in [0.717, 1.165) is 32.7 Å². The average molecular weight is 319 g/mol. The highest BCUT2D eigenvalue weighted by Gasteiger charge is 2.52. The van der Waals surface area contributed by atoms with Gasteiger partial charge in [0.15, 0.2) is 0 Å². The van der Waals surface area contributed by atoms with E-state index in [4.69, 9.17) is 9.47 Å². The molecule has 2 saturated heterocycles. The number of nitrogens with zero attached hydrogens (tertiary/aromatic N) is 3. The molecule has 3 rings (SSSR count). The number of carbonyl (C=O) groups excluding carboxylic acids is 1. The third-order valence-electron chi connectivity index (χ3n) is 4.75. The SMILES string of the molecule is CN(C)C(=O)COCC1CCOC12CN(Cc1cccnc1)C2. The Labute approximate surface area is 137 Å². The van der Waals surface area contributed by atoms with Crippen LogP contribution in [0.25, 0.3) is 0 Å². The van der Waals surface area contributed by atoms with Crippen molar-refractivity contribution >= 4 is 5.91 Å². The molecule has 0 bridgehead atoms. The van der Waals surface area contributed by atoms with Gasteiger partial charge in [-0.3, -0.25) is 14.7 Å². The van der Waals surface area contributed by atoms with E-state index in [1.54, 1.807) is 25.2 Å². The first-order valence-corrected chi connectivity index (χ1v) is 8.12. The fraction of sp³-hybridized carbons (Fsp3) is 0.647. The van der Waals surface area contributed by atoms with Crippen LogP contribution in [0.5, 0.6) is 0 Å². The number of hydrogen-bond donors (Lipinski definition) is 0. The molecule has 23 heavy (non-hydrogen) atoms. The molecular formula is C17H25N3O3. The van der Waals surface area contributed by atoms with Crippen molar-refractivity contribution in [1.82, 2.24) is 14.8 Å². The molecule has 0 aliphatic carbocycles. The maximum Gasteiger partial charge on any atom is 0.248 e. The number of aromatic nitrogens is 1. The summed E-state index contributed by atoms with van der Waals surface area (Å²) in [5, 5.41) is 0. The van der Waals surface area contributed by atoms with Crippen molar-refractivity contribution in [2.75, 3.05) is 47.0 Å². The van der Waals surface area contributed by atoms with Crippen molar-refractivity contribution in [3.63, 3.8) is 0 Å². The van der Waals surface area contributed by atoms with Crippen LogP contribution in [0.15, 0.2) is 24.5 Å². The molecule has 126 valence electrons. The Balaban J connectivity index is 1.46. The summed E-state index contributed by atoms with van der Waals surface area (Å²) in [5.74, 6) is 0.382. The van der Waals surface area contributed by atoms with Crippen LogP contribution in [-0.2, 0) is 20.8 Å². The molecule has 1 atom stereocenters. The van der Waals surface area contributed by atoms with E-state index in [1.165, 1.54) is 5.56 Å². The van der Waals surface area contributed by atoms with Gasteiger partial charge in [-0.25, -0.2) is 0 Å². The zero-order valence-corrected chi connectivity index (χ0v) is 13.9. The Morgan fingerprint density at radius 3 is 3.04 bits per heavy atom. The van der Waals surface area contributed by atoms with Crippen LogP contribution < -0.4 is 0 Å². The lowest BCUT2D eigenvalue weighted by atomic mass is 9.81.